The highest BCUT2D eigenvalue weighted by atomic mass is 16.3. The molecule has 21 heavy (non-hydrogen) atoms. The van der Waals surface area contributed by atoms with Crippen LogP contribution in [-0.4, -0.2) is 23.1 Å². The van der Waals surface area contributed by atoms with E-state index < -0.39 is 0 Å². The molecule has 2 aromatic heterocycles. The van der Waals surface area contributed by atoms with Crippen molar-refractivity contribution in [1.29, 1.82) is 0 Å². The number of aryl methyl sites for hydroxylation is 3. The molecule has 0 aromatic carbocycles. The van der Waals surface area contributed by atoms with Crippen molar-refractivity contribution >= 4 is 0 Å². The summed E-state index contributed by atoms with van der Waals surface area (Å²) in [5, 5.41) is 3.38. The van der Waals surface area contributed by atoms with Crippen molar-refractivity contribution in [2.75, 3.05) is 13.1 Å². The molecule has 0 aliphatic rings. The van der Waals surface area contributed by atoms with Crippen molar-refractivity contribution in [2.24, 2.45) is 0 Å². The van der Waals surface area contributed by atoms with Crippen molar-refractivity contribution in [3.8, 4) is 11.6 Å². The molecule has 0 aliphatic heterocycles. The molecule has 114 valence electrons. The summed E-state index contributed by atoms with van der Waals surface area (Å²) in [7, 11) is 0. The van der Waals surface area contributed by atoms with Gasteiger partial charge in [-0.25, -0.2) is 9.97 Å². The van der Waals surface area contributed by atoms with Crippen molar-refractivity contribution in [3.05, 3.63) is 34.8 Å². The summed E-state index contributed by atoms with van der Waals surface area (Å²) < 4.78 is 5.55. The smallest absolute Gasteiger partial charge is 0.196 e. The van der Waals surface area contributed by atoms with Gasteiger partial charge in [-0.15, -0.1) is 0 Å². The lowest BCUT2D eigenvalue weighted by Crippen LogP contribution is -2.18. The third-order valence-electron chi connectivity index (χ3n) is 3.72. The van der Waals surface area contributed by atoms with Crippen LogP contribution >= 0.6 is 0 Å². The maximum Gasteiger partial charge on any atom is 0.196 e. The van der Waals surface area contributed by atoms with Crippen LogP contribution < -0.4 is 5.32 Å². The minimum absolute atomic E-state index is 0.721. The largest absolute Gasteiger partial charge is 0.461 e. The first-order valence-corrected chi connectivity index (χ1v) is 7.85. The first-order chi connectivity index (χ1) is 10.2. The molecule has 0 atom stereocenters. The summed E-state index contributed by atoms with van der Waals surface area (Å²) in [6.45, 7) is 10.4. The average molecular weight is 287 g/mol. The van der Waals surface area contributed by atoms with Gasteiger partial charge in [0.2, 0.25) is 0 Å². The van der Waals surface area contributed by atoms with Crippen LogP contribution in [0.15, 0.2) is 16.7 Å². The maximum absolute atomic E-state index is 5.55. The topological polar surface area (TPSA) is 51.0 Å². The molecule has 0 unspecified atom stereocenters. The zero-order chi connectivity index (χ0) is 15.2. The Balaban J connectivity index is 2.41. The summed E-state index contributed by atoms with van der Waals surface area (Å²) in [4.78, 5) is 9.50. The third-order valence-corrected chi connectivity index (χ3v) is 3.72. The summed E-state index contributed by atoms with van der Waals surface area (Å²) in [6, 6.07) is 1.95. The number of aromatic nitrogens is 2. The SMILES string of the molecule is CCNCCc1c(CC)nc(-c2occc2C)nc1CC. The van der Waals surface area contributed by atoms with Crippen molar-refractivity contribution in [2.45, 2.75) is 47.0 Å². The van der Waals surface area contributed by atoms with Gasteiger partial charge in [0.05, 0.1) is 6.26 Å². The Kier molecular flexibility index (Phi) is 5.51. The number of hydrogen-bond acceptors (Lipinski definition) is 4. The molecular formula is C17H25N3O. The number of likely N-dealkylation sites (N-methyl/N-ethyl adjacent to an activating group) is 1. The van der Waals surface area contributed by atoms with Crippen molar-refractivity contribution in [3.63, 3.8) is 0 Å². The fourth-order valence-corrected chi connectivity index (χ4v) is 2.55. The quantitative estimate of drug-likeness (QED) is 0.794. The average Bonchev–Trinajstić information content (AvgIpc) is 2.93. The molecule has 4 nitrogen and oxygen atoms in total. The fourth-order valence-electron chi connectivity index (χ4n) is 2.55. The Morgan fingerprint density at radius 1 is 1.10 bits per heavy atom. The van der Waals surface area contributed by atoms with E-state index >= 15 is 0 Å². The second-order valence-corrected chi connectivity index (χ2v) is 5.16. The molecule has 0 saturated heterocycles. The number of nitrogens with zero attached hydrogens (tertiary/aromatic N) is 2. The monoisotopic (exact) mass is 287 g/mol. The van der Waals surface area contributed by atoms with Crippen LogP contribution in [0.1, 0.15) is 43.3 Å². The van der Waals surface area contributed by atoms with E-state index in [4.69, 9.17) is 14.4 Å². The van der Waals surface area contributed by atoms with E-state index in [1.165, 1.54) is 5.56 Å². The standard InChI is InChI=1S/C17H25N3O/c1-5-14-13(8-10-18-7-3)15(6-2)20-17(19-14)16-12(4)9-11-21-16/h9,11,18H,5-8,10H2,1-4H3. The second-order valence-electron chi connectivity index (χ2n) is 5.16. The molecule has 0 amide bonds. The molecule has 1 N–H and O–H groups in total. The van der Waals surface area contributed by atoms with Gasteiger partial charge in [0.15, 0.2) is 11.6 Å². The number of rotatable bonds is 7. The molecule has 0 spiro atoms. The number of hydrogen-bond donors (Lipinski definition) is 1. The minimum atomic E-state index is 0.721. The number of furan rings is 1. The molecule has 2 aromatic rings. The van der Waals surface area contributed by atoms with Crippen LogP contribution in [-0.2, 0) is 19.3 Å². The minimum Gasteiger partial charge on any atom is -0.461 e. The summed E-state index contributed by atoms with van der Waals surface area (Å²) in [5.41, 5.74) is 4.67. The van der Waals surface area contributed by atoms with Gasteiger partial charge in [-0.1, -0.05) is 20.8 Å². The molecule has 0 fully saturated rings. The Bertz CT molecular complexity index is 564. The lowest BCUT2D eigenvalue weighted by atomic mass is 10.0. The predicted molar refractivity (Wildman–Crippen MR) is 85.5 cm³/mol. The molecule has 0 aliphatic carbocycles. The van der Waals surface area contributed by atoms with E-state index in [2.05, 4.69) is 26.1 Å². The fraction of sp³-hybridized carbons (Fsp3) is 0.529. The number of nitrogens with one attached hydrogen (secondary N) is 1. The van der Waals surface area contributed by atoms with E-state index in [0.717, 1.165) is 60.9 Å². The zero-order valence-electron chi connectivity index (χ0n) is 13.5. The normalized spacial score (nSPS) is 11.0. The summed E-state index contributed by atoms with van der Waals surface area (Å²) in [5.74, 6) is 1.51. The lowest BCUT2D eigenvalue weighted by Gasteiger charge is -2.13. The highest BCUT2D eigenvalue weighted by Gasteiger charge is 2.16. The zero-order valence-corrected chi connectivity index (χ0v) is 13.5. The molecule has 4 heteroatoms. The van der Waals surface area contributed by atoms with E-state index in [-0.39, 0.29) is 0 Å². The predicted octanol–water partition coefficient (Wildman–Crippen LogP) is 3.32. The van der Waals surface area contributed by atoms with Gasteiger partial charge in [0.1, 0.15) is 0 Å². The molecule has 0 radical (unpaired) electrons. The van der Waals surface area contributed by atoms with Gasteiger partial charge in [0, 0.05) is 11.4 Å². The molecular weight excluding hydrogens is 262 g/mol. The van der Waals surface area contributed by atoms with Crippen LogP contribution in [0.4, 0.5) is 0 Å². The highest BCUT2D eigenvalue weighted by molar-refractivity contribution is 5.53. The van der Waals surface area contributed by atoms with Crippen LogP contribution in [0.3, 0.4) is 0 Å². The second kappa shape index (κ2) is 7.36. The molecule has 2 heterocycles. The van der Waals surface area contributed by atoms with Crippen LogP contribution in [0, 0.1) is 6.92 Å². The first kappa shape index (κ1) is 15.7. The van der Waals surface area contributed by atoms with Gasteiger partial charge >= 0.3 is 0 Å². The lowest BCUT2D eigenvalue weighted by molar-refractivity contribution is 0.574. The van der Waals surface area contributed by atoms with E-state index in [0.29, 0.717) is 0 Å². The van der Waals surface area contributed by atoms with Gasteiger partial charge in [-0.2, -0.15) is 0 Å². The van der Waals surface area contributed by atoms with E-state index in [1.54, 1.807) is 6.26 Å². The first-order valence-electron chi connectivity index (χ1n) is 7.85. The van der Waals surface area contributed by atoms with Gasteiger partial charge in [-0.3, -0.25) is 0 Å². The van der Waals surface area contributed by atoms with E-state index in [9.17, 15) is 0 Å². The van der Waals surface area contributed by atoms with Crippen LogP contribution in [0.5, 0.6) is 0 Å². The molecule has 0 saturated carbocycles. The van der Waals surface area contributed by atoms with Gasteiger partial charge in [0.25, 0.3) is 0 Å². The molecule has 2 rings (SSSR count). The molecule has 0 bridgehead atoms. The maximum atomic E-state index is 5.55. The highest BCUT2D eigenvalue weighted by Crippen LogP contribution is 2.24. The van der Waals surface area contributed by atoms with Crippen molar-refractivity contribution < 1.29 is 4.42 Å². The Morgan fingerprint density at radius 2 is 1.76 bits per heavy atom. The Hall–Kier alpha value is -1.68. The Morgan fingerprint density at radius 3 is 2.24 bits per heavy atom. The summed E-state index contributed by atoms with van der Waals surface area (Å²) in [6.07, 6.45) is 4.52. The Labute approximate surface area is 127 Å². The van der Waals surface area contributed by atoms with Crippen molar-refractivity contribution in [1.82, 2.24) is 15.3 Å². The van der Waals surface area contributed by atoms with Crippen LogP contribution in [0.25, 0.3) is 11.6 Å². The van der Waals surface area contributed by atoms with Gasteiger partial charge < -0.3 is 9.73 Å². The van der Waals surface area contributed by atoms with Crippen LogP contribution in [0.2, 0.25) is 0 Å². The third kappa shape index (κ3) is 3.50. The van der Waals surface area contributed by atoms with Gasteiger partial charge in [-0.05, 0) is 56.5 Å². The summed E-state index contributed by atoms with van der Waals surface area (Å²) >= 11 is 0. The van der Waals surface area contributed by atoms with E-state index in [1.807, 2.05) is 13.0 Å².